The minimum Gasteiger partial charge on any atom is -0.338 e. The number of amides is 1. The first-order valence-corrected chi connectivity index (χ1v) is 7.00. The Kier molecular flexibility index (Phi) is 3.88. The summed E-state index contributed by atoms with van der Waals surface area (Å²) >= 11 is 6.09. The van der Waals surface area contributed by atoms with E-state index < -0.39 is 0 Å². The summed E-state index contributed by atoms with van der Waals surface area (Å²) in [6.07, 6.45) is 0.846. The molecule has 19 heavy (non-hydrogen) atoms. The van der Waals surface area contributed by atoms with E-state index in [0.717, 1.165) is 18.5 Å². The van der Waals surface area contributed by atoms with Crippen molar-refractivity contribution in [3.05, 3.63) is 34.3 Å². The molecule has 0 spiro atoms. The highest BCUT2D eigenvalue weighted by Gasteiger charge is 2.35. The molecule has 1 unspecified atom stereocenters. The monoisotopic (exact) mass is 280 g/mol. The van der Waals surface area contributed by atoms with E-state index in [2.05, 4.69) is 13.8 Å². The van der Waals surface area contributed by atoms with Gasteiger partial charge in [-0.2, -0.15) is 0 Å². The minimum absolute atomic E-state index is 0.0413. The van der Waals surface area contributed by atoms with Crippen LogP contribution in [0.1, 0.15) is 36.2 Å². The highest BCUT2D eigenvalue weighted by atomic mass is 35.5. The molecule has 0 aliphatic carbocycles. The normalized spacial score (nSPS) is 22.4. The van der Waals surface area contributed by atoms with E-state index in [-0.39, 0.29) is 17.4 Å². The minimum atomic E-state index is -0.0413. The van der Waals surface area contributed by atoms with Gasteiger partial charge in [0.1, 0.15) is 0 Å². The van der Waals surface area contributed by atoms with Gasteiger partial charge in [-0.05, 0) is 36.5 Å². The van der Waals surface area contributed by atoms with Gasteiger partial charge in [0, 0.05) is 29.7 Å². The molecule has 0 saturated carbocycles. The summed E-state index contributed by atoms with van der Waals surface area (Å²) < 4.78 is 0. The summed E-state index contributed by atoms with van der Waals surface area (Å²) in [5.74, 6) is 0.0555. The SMILES string of the molecule is Cc1c(Cl)cccc1C(=O)N1CCC(N)C(C)(C)C1. The van der Waals surface area contributed by atoms with Gasteiger partial charge in [-0.25, -0.2) is 0 Å². The Morgan fingerprint density at radius 2 is 2.16 bits per heavy atom. The Bertz CT molecular complexity index is 499. The van der Waals surface area contributed by atoms with Crippen molar-refractivity contribution in [3.63, 3.8) is 0 Å². The number of likely N-dealkylation sites (tertiary alicyclic amines) is 1. The number of nitrogens with two attached hydrogens (primary N) is 1. The summed E-state index contributed by atoms with van der Waals surface area (Å²) in [6, 6.07) is 5.62. The Balaban J connectivity index is 2.23. The molecule has 104 valence electrons. The van der Waals surface area contributed by atoms with Crippen molar-refractivity contribution in [3.8, 4) is 0 Å². The number of hydrogen-bond acceptors (Lipinski definition) is 2. The zero-order chi connectivity index (χ0) is 14.2. The zero-order valence-corrected chi connectivity index (χ0v) is 12.5. The van der Waals surface area contributed by atoms with Crippen LogP contribution in [0.2, 0.25) is 5.02 Å². The van der Waals surface area contributed by atoms with E-state index in [1.807, 2.05) is 30.0 Å². The number of carbonyl (C=O) groups is 1. The standard InChI is InChI=1S/C15H21ClN2O/c1-10-11(5-4-6-12(10)16)14(19)18-8-7-13(17)15(2,3)9-18/h4-6,13H,7-9,17H2,1-3H3. The lowest BCUT2D eigenvalue weighted by molar-refractivity contribution is 0.0532. The molecule has 1 atom stereocenters. The number of nitrogens with zero attached hydrogens (tertiary/aromatic N) is 1. The van der Waals surface area contributed by atoms with Crippen molar-refractivity contribution in [2.75, 3.05) is 13.1 Å². The lowest BCUT2D eigenvalue weighted by Gasteiger charge is -2.42. The zero-order valence-electron chi connectivity index (χ0n) is 11.7. The number of benzene rings is 1. The molecular weight excluding hydrogens is 260 g/mol. The van der Waals surface area contributed by atoms with Gasteiger partial charge in [-0.15, -0.1) is 0 Å². The second-order valence-electron chi connectivity index (χ2n) is 6.02. The molecule has 3 nitrogen and oxygen atoms in total. The van der Waals surface area contributed by atoms with Crippen molar-refractivity contribution in [1.29, 1.82) is 0 Å². The van der Waals surface area contributed by atoms with Gasteiger partial charge in [0.25, 0.3) is 5.91 Å². The first kappa shape index (κ1) is 14.4. The summed E-state index contributed by atoms with van der Waals surface area (Å²) in [4.78, 5) is 14.5. The molecule has 1 heterocycles. The van der Waals surface area contributed by atoms with Crippen LogP contribution in [0.5, 0.6) is 0 Å². The molecule has 1 aromatic carbocycles. The van der Waals surface area contributed by atoms with Gasteiger partial charge < -0.3 is 10.6 Å². The molecule has 1 saturated heterocycles. The maximum absolute atomic E-state index is 12.6. The largest absolute Gasteiger partial charge is 0.338 e. The van der Waals surface area contributed by atoms with Crippen LogP contribution in [-0.4, -0.2) is 29.9 Å². The second-order valence-corrected chi connectivity index (χ2v) is 6.43. The van der Waals surface area contributed by atoms with Crippen LogP contribution in [0.15, 0.2) is 18.2 Å². The second kappa shape index (κ2) is 5.14. The number of carbonyl (C=O) groups excluding carboxylic acids is 1. The van der Waals surface area contributed by atoms with Crippen molar-refractivity contribution in [2.45, 2.75) is 33.2 Å². The lowest BCUT2D eigenvalue weighted by Crippen LogP contribution is -2.54. The Hall–Kier alpha value is -1.06. The van der Waals surface area contributed by atoms with E-state index in [1.165, 1.54) is 0 Å². The lowest BCUT2D eigenvalue weighted by atomic mass is 9.79. The fourth-order valence-electron chi connectivity index (χ4n) is 2.56. The third-order valence-corrected chi connectivity index (χ3v) is 4.51. The van der Waals surface area contributed by atoms with Gasteiger partial charge in [-0.3, -0.25) is 4.79 Å². The van der Waals surface area contributed by atoms with E-state index in [1.54, 1.807) is 0 Å². The summed E-state index contributed by atoms with van der Waals surface area (Å²) in [5.41, 5.74) is 7.61. The molecular formula is C15H21ClN2O. The van der Waals surface area contributed by atoms with Gasteiger partial charge in [0.2, 0.25) is 0 Å². The number of piperidine rings is 1. The maximum atomic E-state index is 12.6. The summed E-state index contributed by atoms with van der Waals surface area (Å²) in [7, 11) is 0. The predicted molar refractivity (Wildman–Crippen MR) is 78.5 cm³/mol. The van der Waals surface area contributed by atoms with Crippen LogP contribution in [0, 0.1) is 12.3 Å². The van der Waals surface area contributed by atoms with E-state index >= 15 is 0 Å². The molecule has 0 radical (unpaired) electrons. The molecule has 4 heteroatoms. The van der Waals surface area contributed by atoms with Gasteiger partial charge in [-0.1, -0.05) is 31.5 Å². The molecule has 0 aromatic heterocycles. The average molecular weight is 281 g/mol. The Labute approximate surface area is 119 Å². The highest BCUT2D eigenvalue weighted by molar-refractivity contribution is 6.31. The average Bonchev–Trinajstić information content (AvgIpc) is 2.35. The quantitative estimate of drug-likeness (QED) is 0.860. The first-order chi connectivity index (χ1) is 8.83. The topological polar surface area (TPSA) is 46.3 Å². The smallest absolute Gasteiger partial charge is 0.254 e. The van der Waals surface area contributed by atoms with Crippen LogP contribution in [0.3, 0.4) is 0 Å². The van der Waals surface area contributed by atoms with Crippen LogP contribution in [0.4, 0.5) is 0 Å². The summed E-state index contributed by atoms with van der Waals surface area (Å²) in [6.45, 7) is 7.52. The van der Waals surface area contributed by atoms with E-state index in [4.69, 9.17) is 17.3 Å². The summed E-state index contributed by atoms with van der Waals surface area (Å²) in [5, 5.41) is 0.638. The number of halogens is 1. The maximum Gasteiger partial charge on any atom is 0.254 e. The molecule has 1 aromatic rings. The molecule has 1 fully saturated rings. The van der Waals surface area contributed by atoms with E-state index in [0.29, 0.717) is 17.1 Å². The molecule has 2 rings (SSSR count). The predicted octanol–water partition coefficient (Wildman–Crippen LogP) is 2.85. The third-order valence-electron chi connectivity index (χ3n) is 4.10. The number of rotatable bonds is 1. The van der Waals surface area contributed by atoms with Gasteiger partial charge in [0.15, 0.2) is 0 Å². The van der Waals surface area contributed by atoms with Gasteiger partial charge >= 0.3 is 0 Å². The molecule has 1 aliphatic rings. The van der Waals surface area contributed by atoms with Crippen LogP contribution >= 0.6 is 11.6 Å². The van der Waals surface area contributed by atoms with Crippen LogP contribution in [-0.2, 0) is 0 Å². The fourth-order valence-corrected chi connectivity index (χ4v) is 2.73. The van der Waals surface area contributed by atoms with Crippen molar-refractivity contribution in [1.82, 2.24) is 4.90 Å². The molecule has 1 aliphatic heterocycles. The number of hydrogen-bond donors (Lipinski definition) is 1. The van der Waals surface area contributed by atoms with E-state index in [9.17, 15) is 4.79 Å². The van der Waals surface area contributed by atoms with Crippen molar-refractivity contribution in [2.24, 2.45) is 11.1 Å². The van der Waals surface area contributed by atoms with Crippen LogP contribution < -0.4 is 5.73 Å². The highest BCUT2D eigenvalue weighted by Crippen LogP contribution is 2.29. The van der Waals surface area contributed by atoms with Gasteiger partial charge in [0.05, 0.1) is 0 Å². The molecule has 2 N–H and O–H groups in total. The first-order valence-electron chi connectivity index (χ1n) is 6.63. The van der Waals surface area contributed by atoms with Crippen LogP contribution in [0.25, 0.3) is 0 Å². The Morgan fingerprint density at radius 3 is 2.79 bits per heavy atom. The molecule has 0 bridgehead atoms. The third kappa shape index (κ3) is 2.77. The van der Waals surface area contributed by atoms with Crippen molar-refractivity contribution < 1.29 is 4.79 Å². The molecule has 1 amide bonds. The Morgan fingerprint density at radius 1 is 1.47 bits per heavy atom. The van der Waals surface area contributed by atoms with Crippen molar-refractivity contribution >= 4 is 17.5 Å². The fraction of sp³-hybridized carbons (Fsp3) is 0.533.